The summed E-state index contributed by atoms with van der Waals surface area (Å²) in [5.74, 6) is 1.12. The number of hydrogen-bond donors (Lipinski definition) is 1. The molecule has 1 heterocycles. The van der Waals surface area contributed by atoms with Crippen LogP contribution in [0.15, 0.2) is 16.6 Å². The van der Waals surface area contributed by atoms with Gasteiger partial charge in [-0.25, -0.2) is 0 Å². The lowest BCUT2D eigenvalue weighted by molar-refractivity contribution is 0.268. The first kappa shape index (κ1) is 9.99. The Bertz CT molecular complexity index is 349. The lowest BCUT2D eigenvalue weighted by atomic mass is 9.98. The summed E-state index contributed by atoms with van der Waals surface area (Å²) in [6.07, 6.45) is 0.972. The van der Waals surface area contributed by atoms with Gasteiger partial charge in [-0.15, -0.1) is 0 Å². The lowest BCUT2D eigenvalue weighted by Gasteiger charge is -2.13. The van der Waals surface area contributed by atoms with Gasteiger partial charge in [0, 0.05) is 29.0 Å². The van der Waals surface area contributed by atoms with Crippen molar-refractivity contribution in [2.45, 2.75) is 19.3 Å². The molecule has 1 atom stereocenters. The van der Waals surface area contributed by atoms with E-state index in [0.29, 0.717) is 0 Å². The summed E-state index contributed by atoms with van der Waals surface area (Å²) in [6.45, 7) is 2.92. The average Bonchev–Trinajstić information content (AvgIpc) is 2.62. The zero-order chi connectivity index (χ0) is 10.1. The second-order valence-corrected chi connectivity index (χ2v) is 4.58. The Kier molecular flexibility index (Phi) is 2.79. The van der Waals surface area contributed by atoms with E-state index in [1.165, 1.54) is 5.56 Å². The molecule has 14 heavy (non-hydrogen) atoms. The van der Waals surface area contributed by atoms with Gasteiger partial charge in [0.2, 0.25) is 0 Å². The van der Waals surface area contributed by atoms with Crippen molar-refractivity contribution in [2.24, 2.45) is 0 Å². The van der Waals surface area contributed by atoms with Crippen LogP contribution >= 0.6 is 15.9 Å². The fourth-order valence-corrected chi connectivity index (χ4v) is 2.29. The molecule has 1 aromatic rings. The Hall–Kier alpha value is -0.540. The normalized spacial score (nSPS) is 16.2. The van der Waals surface area contributed by atoms with Gasteiger partial charge in [-0.1, -0.05) is 22.9 Å². The number of rotatable bonds is 2. The number of benzene rings is 1. The van der Waals surface area contributed by atoms with Gasteiger partial charge in [0.05, 0.1) is 6.61 Å². The fraction of sp³-hybridized carbons (Fsp3) is 0.455. The molecule has 1 aromatic carbocycles. The molecule has 0 spiro atoms. The van der Waals surface area contributed by atoms with Crippen molar-refractivity contribution in [1.82, 2.24) is 0 Å². The molecule has 76 valence electrons. The van der Waals surface area contributed by atoms with Crippen LogP contribution in [0.1, 0.15) is 24.0 Å². The van der Waals surface area contributed by atoms with E-state index in [1.54, 1.807) is 0 Å². The molecule has 2 rings (SSSR count). The second-order valence-electron chi connectivity index (χ2n) is 3.67. The molecular weight excluding hydrogens is 244 g/mol. The highest BCUT2D eigenvalue weighted by atomic mass is 79.9. The van der Waals surface area contributed by atoms with Gasteiger partial charge in [0.15, 0.2) is 0 Å². The summed E-state index contributed by atoms with van der Waals surface area (Å²) in [7, 11) is 0. The van der Waals surface area contributed by atoms with E-state index in [2.05, 4.69) is 22.0 Å². The van der Waals surface area contributed by atoms with Gasteiger partial charge < -0.3 is 9.84 Å². The maximum Gasteiger partial charge on any atom is 0.126 e. The highest BCUT2D eigenvalue weighted by molar-refractivity contribution is 9.10. The monoisotopic (exact) mass is 256 g/mol. The van der Waals surface area contributed by atoms with Gasteiger partial charge in [-0.05, 0) is 17.7 Å². The molecule has 1 unspecified atom stereocenters. The Morgan fingerprint density at radius 3 is 3.07 bits per heavy atom. The van der Waals surface area contributed by atoms with Gasteiger partial charge in [-0.3, -0.25) is 0 Å². The van der Waals surface area contributed by atoms with Gasteiger partial charge >= 0.3 is 0 Å². The summed E-state index contributed by atoms with van der Waals surface area (Å²) < 4.78 is 6.64. The van der Waals surface area contributed by atoms with Crippen LogP contribution in [0, 0.1) is 0 Å². The number of fused-ring (bicyclic) bond motifs is 1. The molecule has 0 fully saturated rings. The predicted octanol–water partition coefficient (Wildman–Crippen LogP) is 2.48. The lowest BCUT2D eigenvalue weighted by Crippen LogP contribution is -2.01. The molecule has 1 N–H and O–H groups in total. The van der Waals surface area contributed by atoms with Crippen LogP contribution in [0.5, 0.6) is 5.75 Å². The van der Waals surface area contributed by atoms with E-state index in [1.807, 2.05) is 13.0 Å². The van der Waals surface area contributed by atoms with Crippen LogP contribution in [-0.4, -0.2) is 18.3 Å². The van der Waals surface area contributed by atoms with E-state index < -0.39 is 0 Å². The van der Waals surface area contributed by atoms with Crippen molar-refractivity contribution in [2.75, 3.05) is 13.2 Å². The molecule has 0 aromatic heterocycles. The maximum absolute atomic E-state index is 9.14. The Labute approximate surface area is 92.0 Å². The highest BCUT2D eigenvalue weighted by Gasteiger charge is 2.20. The molecule has 0 aliphatic carbocycles. The number of halogens is 1. The van der Waals surface area contributed by atoms with Crippen molar-refractivity contribution in [3.63, 3.8) is 0 Å². The second kappa shape index (κ2) is 3.91. The molecule has 1 aliphatic rings. The molecule has 0 bridgehead atoms. The van der Waals surface area contributed by atoms with Crippen molar-refractivity contribution < 1.29 is 9.84 Å². The van der Waals surface area contributed by atoms with Crippen molar-refractivity contribution >= 4 is 15.9 Å². The topological polar surface area (TPSA) is 29.5 Å². The summed E-state index contributed by atoms with van der Waals surface area (Å²) in [6, 6.07) is 4.13. The van der Waals surface area contributed by atoms with E-state index >= 15 is 0 Å². The predicted molar refractivity (Wildman–Crippen MR) is 58.8 cm³/mol. The third-order valence-corrected chi connectivity index (χ3v) is 3.04. The van der Waals surface area contributed by atoms with Crippen molar-refractivity contribution in [3.05, 3.63) is 27.7 Å². The van der Waals surface area contributed by atoms with Crippen molar-refractivity contribution in [3.8, 4) is 5.75 Å². The third kappa shape index (κ3) is 1.66. The number of ether oxygens (including phenoxy) is 1. The SMILES string of the molecule is CC(CO)c1cc(Br)cc2c1OCC2. The van der Waals surface area contributed by atoms with Crippen LogP contribution in [0.3, 0.4) is 0 Å². The molecule has 0 amide bonds. The largest absolute Gasteiger partial charge is 0.493 e. The molecule has 2 nitrogen and oxygen atoms in total. The van der Waals surface area contributed by atoms with Crippen LogP contribution in [0.4, 0.5) is 0 Å². The number of aliphatic hydroxyl groups is 1. The summed E-state index contributed by atoms with van der Waals surface area (Å²) >= 11 is 3.48. The highest BCUT2D eigenvalue weighted by Crippen LogP contribution is 2.36. The van der Waals surface area contributed by atoms with Gasteiger partial charge in [0.1, 0.15) is 5.75 Å². The fourth-order valence-electron chi connectivity index (χ4n) is 1.76. The Balaban J connectivity index is 2.48. The molecular formula is C11H13BrO2. The Morgan fingerprint density at radius 2 is 2.36 bits per heavy atom. The first-order valence-electron chi connectivity index (χ1n) is 4.78. The summed E-state index contributed by atoms with van der Waals surface area (Å²) in [5, 5.41) is 9.14. The quantitative estimate of drug-likeness (QED) is 0.881. The third-order valence-electron chi connectivity index (χ3n) is 2.58. The van der Waals surface area contributed by atoms with E-state index in [0.717, 1.165) is 28.8 Å². The number of aliphatic hydroxyl groups excluding tert-OH is 1. The number of hydrogen-bond acceptors (Lipinski definition) is 2. The minimum absolute atomic E-state index is 0.138. The molecule has 0 saturated heterocycles. The Morgan fingerprint density at radius 1 is 1.57 bits per heavy atom. The summed E-state index contributed by atoms with van der Waals surface area (Å²) in [5.41, 5.74) is 2.35. The molecule has 1 aliphatic heterocycles. The summed E-state index contributed by atoms with van der Waals surface area (Å²) in [4.78, 5) is 0. The van der Waals surface area contributed by atoms with Crippen LogP contribution in [0.2, 0.25) is 0 Å². The van der Waals surface area contributed by atoms with E-state index in [4.69, 9.17) is 9.84 Å². The standard InChI is InChI=1S/C11H13BrO2/c1-7(6-13)10-5-9(12)4-8-2-3-14-11(8)10/h4-5,7,13H,2-3,6H2,1H3. The van der Waals surface area contributed by atoms with Crippen molar-refractivity contribution in [1.29, 1.82) is 0 Å². The molecule has 3 heteroatoms. The zero-order valence-corrected chi connectivity index (χ0v) is 9.67. The first-order valence-corrected chi connectivity index (χ1v) is 5.57. The minimum atomic E-state index is 0.138. The minimum Gasteiger partial charge on any atom is -0.493 e. The molecule has 0 saturated carbocycles. The first-order chi connectivity index (χ1) is 6.72. The average molecular weight is 257 g/mol. The van der Waals surface area contributed by atoms with Crippen LogP contribution in [0.25, 0.3) is 0 Å². The van der Waals surface area contributed by atoms with Crippen LogP contribution < -0.4 is 4.74 Å². The van der Waals surface area contributed by atoms with Gasteiger partial charge in [-0.2, -0.15) is 0 Å². The maximum atomic E-state index is 9.14. The van der Waals surface area contributed by atoms with Gasteiger partial charge in [0.25, 0.3) is 0 Å². The van der Waals surface area contributed by atoms with E-state index in [9.17, 15) is 0 Å². The molecule has 0 radical (unpaired) electrons. The smallest absolute Gasteiger partial charge is 0.126 e. The van der Waals surface area contributed by atoms with E-state index in [-0.39, 0.29) is 12.5 Å². The zero-order valence-electron chi connectivity index (χ0n) is 8.09. The van der Waals surface area contributed by atoms with Crippen LogP contribution in [-0.2, 0) is 6.42 Å².